The average Bonchev–Trinajstić information content (AvgIpc) is 2.98. The number of nitrogens with zero attached hydrogens (tertiary/aromatic N) is 4. The van der Waals surface area contributed by atoms with Crippen molar-refractivity contribution in [3.63, 3.8) is 0 Å². The fraction of sp³-hybridized carbons (Fsp3) is 0.200. The van der Waals surface area contributed by atoms with Gasteiger partial charge in [-0.2, -0.15) is 10.2 Å². The number of rotatable bonds is 3. The smallest absolute Gasteiger partial charge is 0.281 e. The summed E-state index contributed by atoms with van der Waals surface area (Å²) in [6, 6.07) is 8.72. The zero-order valence-electron chi connectivity index (χ0n) is 12.3. The Bertz CT molecular complexity index is 910. The molecule has 7 nitrogen and oxygen atoms in total. The maximum absolute atomic E-state index is 12.4. The molecule has 0 spiro atoms. The van der Waals surface area contributed by atoms with Crippen molar-refractivity contribution in [3.05, 3.63) is 52.4 Å². The fourth-order valence-electron chi connectivity index (χ4n) is 2.25. The molecule has 0 unspecified atom stereocenters. The second kappa shape index (κ2) is 5.44. The van der Waals surface area contributed by atoms with Gasteiger partial charge in [-0.1, -0.05) is 12.1 Å². The third-order valence-corrected chi connectivity index (χ3v) is 3.38. The number of anilines is 1. The van der Waals surface area contributed by atoms with Crippen molar-refractivity contribution in [1.29, 1.82) is 0 Å². The maximum atomic E-state index is 12.4. The Morgan fingerprint density at radius 2 is 2.00 bits per heavy atom. The number of carbonyl (C=O) groups excluding carboxylic acids is 1. The first-order valence-electron chi connectivity index (χ1n) is 6.91. The van der Waals surface area contributed by atoms with Crippen LogP contribution in [0.2, 0.25) is 0 Å². The monoisotopic (exact) mass is 297 g/mol. The summed E-state index contributed by atoms with van der Waals surface area (Å²) < 4.78 is 3.21. The van der Waals surface area contributed by atoms with Crippen LogP contribution in [0.1, 0.15) is 17.4 Å². The van der Waals surface area contributed by atoms with Crippen molar-refractivity contribution in [1.82, 2.24) is 19.6 Å². The highest BCUT2D eigenvalue weighted by Gasteiger charge is 2.17. The van der Waals surface area contributed by atoms with Gasteiger partial charge < -0.3 is 5.32 Å². The first kappa shape index (κ1) is 14.0. The number of amides is 1. The molecule has 22 heavy (non-hydrogen) atoms. The largest absolute Gasteiger partial charge is 0.304 e. The van der Waals surface area contributed by atoms with Gasteiger partial charge >= 0.3 is 0 Å². The topological polar surface area (TPSA) is 81.8 Å². The number of aromatic nitrogens is 4. The summed E-state index contributed by atoms with van der Waals surface area (Å²) in [4.78, 5) is 24.7. The van der Waals surface area contributed by atoms with Gasteiger partial charge in [-0.05, 0) is 19.1 Å². The van der Waals surface area contributed by atoms with Gasteiger partial charge in [-0.15, -0.1) is 0 Å². The predicted molar refractivity (Wildman–Crippen MR) is 82.8 cm³/mol. The minimum absolute atomic E-state index is 0.146. The van der Waals surface area contributed by atoms with E-state index in [0.29, 0.717) is 23.3 Å². The van der Waals surface area contributed by atoms with Crippen molar-refractivity contribution >= 4 is 22.6 Å². The van der Waals surface area contributed by atoms with Crippen LogP contribution in [0, 0.1) is 0 Å². The number of fused-ring (bicyclic) bond motifs is 1. The van der Waals surface area contributed by atoms with Crippen LogP contribution < -0.4 is 10.7 Å². The number of aryl methyl sites for hydroxylation is 2. The van der Waals surface area contributed by atoms with E-state index >= 15 is 0 Å². The minimum atomic E-state index is -0.562. The lowest BCUT2D eigenvalue weighted by molar-refractivity contribution is 0.101. The summed E-state index contributed by atoms with van der Waals surface area (Å²) in [6.45, 7) is 2.64. The fourth-order valence-corrected chi connectivity index (χ4v) is 2.25. The van der Waals surface area contributed by atoms with Crippen molar-refractivity contribution < 1.29 is 4.79 Å². The minimum Gasteiger partial charge on any atom is -0.304 e. The van der Waals surface area contributed by atoms with Gasteiger partial charge in [0.2, 0.25) is 5.43 Å². The lowest BCUT2D eigenvalue weighted by atomic mass is 10.2. The average molecular weight is 297 g/mol. The third kappa shape index (κ3) is 2.37. The molecule has 112 valence electrons. The summed E-state index contributed by atoms with van der Waals surface area (Å²) >= 11 is 0. The maximum Gasteiger partial charge on any atom is 0.281 e. The van der Waals surface area contributed by atoms with Crippen molar-refractivity contribution in [2.75, 3.05) is 5.32 Å². The number of benzene rings is 1. The molecular formula is C15H15N5O2. The molecule has 1 N–H and O–H groups in total. The second-order valence-electron chi connectivity index (χ2n) is 4.83. The number of hydrogen-bond donors (Lipinski definition) is 1. The summed E-state index contributed by atoms with van der Waals surface area (Å²) in [6.07, 6.45) is 1.75. The molecule has 0 aliphatic carbocycles. The molecule has 2 heterocycles. The van der Waals surface area contributed by atoms with Crippen LogP contribution in [0.15, 0.2) is 41.3 Å². The van der Waals surface area contributed by atoms with E-state index in [1.807, 2.05) is 13.0 Å². The Hall–Kier alpha value is -2.96. The highest BCUT2D eigenvalue weighted by Crippen LogP contribution is 2.09. The quantitative estimate of drug-likeness (QED) is 0.792. The molecule has 0 radical (unpaired) electrons. The third-order valence-electron chi connectivity index (χ3n) is 3.38. The van der Waals surface area contributed by atoms with Gasteiger partial charge in [-0.3, -0.25) is 19.0 Å². The van der Waals surface area contributed by atoms with Gasteiger partial charge in [-0.25, -0.2) is 0 Å². The first-order valence-corrected chi connectivity index (χ1v) is 6.91. The van der Waals surface area contributed by atoms with Crippen LogP contribution >= 0.6 is 0 Å². The normalized spacial score (nSPS) is 10.8. The zero-order valence-corrected chi connectivity index (χ0v) is 12.3. The van der Waals surface area contributed by atoms with Crippen molar-refractivity contribution in [2.45, 2.75) is 13.5 Å². The lowest BCUT2D eigenvalue weighted by Gasteiger charge is -2.07. The first-order chi connectivity index (χ1) is 10.6. The molecule has 0 saturated carbocycles. The predicted octanol–water partition coefficient (Wildman–Crippen LogP) is 1.40. The van der Waals surface area contributed by atoms with E-state index in [4.69, 9.17) is 0 Å². The van der Waals surface area contributed by atoms with Gasteiger partial charge in [0.15, 0.2) is 11.5 Å². The number of nitrogens with one attached hydrogen (secondary N) is 1. The Kier molecular flexibility index (Phi) is 3.46. The highest BCUT2D eigenvalue weighted by molar-refractivity contribution is 6.03. The second-order valence-corrected chi connectivity index (χ2v) is 4.83. The molecule has 2 aromatic heterocycles. The van der Waals surface area contributed by atoms with Crippen LogP contribution in [0.25, 0.3) is 10.9 Å². The van der Waals surface area contributed by atoms with Gasteiger partial charge in [0.25, 0.3) is 5.91 Å². The van der Waals surface area contributed by atoms with E-state index in [1.165, 1.54) is 4.68 Å². The Morgan fingerprint density at radius 3 is 2.73 bits per heavy atom. The Morgan fingerprint density at radius 1 is 1.23 bits per heavy atom. The number of carbonyl (C=O) groups is 1. The van der Waals surface area contributed by atoms with E-state index in [1.54, 1.807) is 42.2 Å². The molecule has 0 aliphatic heterocycles. The molecule has 0 saturated heterocycles. The molecule has 3 aromatic rings. The Balaban J connectivity index is 2.00. The summed E-state index contributed by atoms with van der Waals surface area (Å²) in [5.41, 5.74) is 0.146. The molecule has 0 atom stereocenters. The van der Waals surface area contributed by atoms with Gasteiger partial charge in [0.05, 0.1) is 5.52 Å². The number of hydrogen-bond acceptors (Lipinski definition) is 4. The lowest BCUT2D eigenvalue weighted by Crippen LogP contribution is -2.26. The van der Waals surface area contributed by atoms with Crippen LogP contribution in [-0.2, 0) is 13.6 Å². The Labute approximate surface area is 126 Å². The highest BCUT2D eigenvalue weighted by atomic mass is 16.2. The molecule has 1 aromatic carbocycles. The van der Waals surface area contributed by atoms with E-state index in [2.05, 4.69) is 15.5 Å². The molecular weight excluding hydrogens is 282 g/mol. The van der Waals surface area contributed by atoms with Crippen LogP contribution in [0.3, 0.4) is 0 Å². The summed E-state index contributed by atoms with van der Waals surface area (Å²) in [5, 5.41) is 11.3. The van der Waals surface area contributed by atoms with Crippen LogP contribution in [0.4, 0.5) is 5.82 Å². The molecule has 0 aliphatic rings. The SMILES string of the molecule is CCn1ccc(NC(=O)c2nn(C)c3ccccc3c2=O)n1. The van der Waals surface area contributed by atoms with E-state index in [-0.39, 0.29) is 11.1 Å². The molecule has 0 bridgehead atoms. The van der Waals surface area contributed by atoms with E-state index in [9.17, 15) is 9.59 Å². The number of para-hydroxylation sites is 1. The van der Waals surface area contributed by atoms with E-state index in [0.717, 1.165) is 0 Å². The summed E-state index contributed by atoms with van der Waals surface area (Å²) in [7, 11) is 1.70. The summed E-state index contributed by atoms with van der Waals surface area (Å²) in [5.74, 6) is -0.170. The molecule has 1 amide bonds. The van der Waals surface area contributed by atoms with Gasteiger partial charge in [0, 0.05) is 31.2 Å². The van der Waals surface area contributed by atoms with Crippen molar-refractivity contribution in [2.24, 2.45) is 7.05 Å². The van der Waals surface area contributed by atoms with Gasteiger partial charge in [0.1, 0.15) is 0 Å². The van der Waals surface area contributed by atoms with Crippen LogP contribution in [-0.4, -0.2) is 25.5 Å². The molecule has 3 rings (SSSR count). The molecule has 0 fully saturated rings. The molecule has 7 heteroatoms. The zero-order chi connectivity index (χ0) is 15.7. The van der Waals surface area contributed by atoms with E-state index < -0.39 is 5.91 Å². The van der Waals surface area contributed by atoms with Crippen LogP contribution in [0.5, 0.6) is 0 Å². The standard InChI is InChI=1S/C15H15N5O2/c1-3-20-9-8-12(17-20)16-15(22)13-14(21)10-6-4-5-7-11(10)19(2)18-13/h4-9H,3H2,1-2H3,(H,16,17,22). The van der Waals surface area contributed by atoms with Crippen molar-refractivity contribution in [3.8, 4) is 0 Å².